The van der Waals surface area contributed by atoms with Crippen molar-refractivity contribution >= 4 is 57.4 Å². The summed E-state index contributed by atoms with van der Waals surface area (Å²) < 4.78 is 10.8. The number of hydrogen-bond acceptors (Lipinski definition) is 11. The molecule has 0 radical (unpaired) electrons. The zero-order valence-corrected chi connectivity index (χ0v) is 25.6. The molecule has 220 valence electrons. The van der Waals surface area contributed by atoms with Gasteiger partial charge in [0.05, 0.1) is 29.3 Å². The van der Waals surface area contributed by atoms with Crippen molar-refractivity contribution in [1.29, 1.82) is 0 Å². The van der Waals surface area contributed by atoms with E-state index in [0.717, 1.165) is 32.0 Å². The van der Waals surface area contributed by atoms with Crippen LogP contribution in [0, 0.1) is 6.92 Å². The quantitative estimate of drug-likeness (QED) is 0.379. The SMILES string of the molecule is COC(=O)c1sc(N2CC[C@@H](NC(=O)c3[nH]c(C)c(Cl)c3Cl)[C@@H](OC)C2)nc1-c1nccc(N2CCN(C)CC2)n1. The first-order chi connectivity index (χ1) is 19.7. The Kier molecular flexibility index (Phi) is 9.00. The van der Waals surface area contributed by atoms with Crippen molar-refractivity contribution in [3.63, 3.8) is 0 Å². The van der Waals surface area contributed by atoms with Gasteiger partial charge in [0.2, 0.25) is 0 Å². The number of piperidine rings is 1. The molecule has 2 saturated heterocycles. The monoisotopic (exact) mass is 622 g/mol. The average Bonchev–Trinajstić information content (AvgIpc) is 3.55. The largest absolute Gasteiger partial charge is 0.465 e. The van der Waals surface area contributed by atoms with E-state index >= 15 is 0 Å². The van der Waals surface area contributed by atoms with E-state index in [-0.39, 0.29) is 28.8 Å². The van der Waals surface area contributed by atoms with Gasteiger partial charge in [-0.05, 0) is 26.5 Å². The molecular weight excluding hydrogens is 591 g/mol. The van der Waals surface area contributed by atoms with Crippen LogP contribution in [-0.4, -0.2) is 109 Å². The van der Waals surface area contributed by atoms with Gasteiger partial charge in [0.1, 0.15) is 22.1 Å². The molecule has 0 saturated carbocycles. The van der Waals surface area contributed by atoms with E-state index in [2.05, 4.69) is 32.1 Å². The summed E-state index contributed by atoms with van der Waals surface area (Å²) in [5.74, 6) is 0.307. The molecule has 12 nitrogen and oxygen atoms in total. The molecule has 2 aliphatic rings. The van der Waals surface area contributed by atoms with Crippen molar-refractivity contribution in [3.05, 3.63) is 38.6 Å². The molecular formula is C26H32Cl2N8O4S. The van der Waals surface area contributed by atoms with Gasteiger partial charge in [-0.25, -0.2) is 19.7 Å². The molecule has 1 amide bonds. The van der Waals surface area contributed by atoms with E-state index < -0.39 is 5.97 Å². The maximum Gasteiger partial charge on any atom is 0.350 e. The minimum atomic E-state index is -0.500. The number of H-pyrrole nitrogens is 1. The smallest absolute Gasteiger partial charge is 0.350 e. The van der Waals surface area contributed by atoms with Crippen LogP contribution in [0.1, 0.15) is 32.3 Å². The summed E-state index contributed by atoms with van der Waals surface area (Å²) in [5.41, 5.74) is 1.22. The highest BCUT2D eigenvalue weighted by Gasteiger charge is 2.34. The van der Waals surface area contributed by atoms with Crippen molar-refractivity contribution in [2.45, 2.75) is 25.5 Å². The lowest BCUT2D eigenvalue weighted by atomic mass is 10.0. The van der Waals surface area contributed by atoms with Crippen molar-refractivity contribution in [2.24, 2.45) is 0 Å². The number of amides is 1. The number of hydrogen-bond donors (Lipinski definition) is 2. The van der Waals surface area contributed by atoms with Crippen LogP contribution < -0.4 is 15.1 Å². The summed E-state index contributed by atoms with van der Waals surface area (Å²) in [6.07, 6.45) is 1.92. The van der Waals surface area contributed by atoms with Gasteiger partial charge in [-0.3, -0.25) is 4.79 Å². The van der Waals surface area contributed by atoms with Gasteiger partial charge in [0.25, 0.3) is 5.91 Å². The molecule has 0 spiro atoms. The number of carbonyl (C=O) groups is 2. The Morgan fingerprint density at radius 1 is 1.10 bits per heavy atom. The molecule has 5 rings (SSSR count). The molecule has 2 N–H and O–H groups in total. The van der Waals surface area contributed by atoms with Crippen molar-refractivity contribution in [1.82, 2.24) is 30.2 Å². The number of nitrogens with one attached hydrogen (secondary N) is 2. The van der Waals surface area contributed by atoms with Crippen LogP contribution in [0.2, 0.25) is 10.0 Å². The predicted molar refractivity (Wildman–Crippen MR) is 159 cm³/mol. The Morgan fingerprint density at radius 2 is 1.85 bits per heavy atom. The molecule has 0 unspecified atom stereocenters. The van der Waals surface area contributed by atoms with Gasteiger partial charge in [0.15, 0.2) is 11.0 Å². The summed E-state index contributed by atoms with van der Waals surface area (Å²) in [6.45, 7) is 6.35. The number of ether oxygens (including phenoxy) is 2. The number of halogens is 2. The number of aromatic amines is 1. The first-order valence-electron chi connectivity index (χ1n) is 13.2. The lowest BCUT2D eigenvalue weighted by Crippen LogP contribution is -2.55. The normalized spacial score (nSPS) is 19.9. The van der Waals surface area contributed by atoms with Gasteiger partial charge in [-0.1, -0.05) is 34.5 Å². The highest BCUT2D eigenvalue weighted by molar-refractivity contribution is 7.17. The van der Waals surface area contributed by atoms with Crippen LogP contribution in [-0.2, 0) is 9.47 Å². The van der Waals surface area contributed by atoms with Crippen molar-refractivity contribution in [2.75, 3.05) is 70.3 Å². The minimum Gasteiger partial charge on any atom is -0.465 e. The number of rotatable bonds is 7. The zero-order chi connectivity index (χ0) is 29.3. The highest BCUT2D eigenvalue weighted by Crippen LogP contribution is 2.35. The number of nitrogens with zero attached hydrogens (tertiary/aromatic N) is 6. The molecule has 3 aromatic rings. The summed E-state index contributed by atoms with van der Waals surface area (Å²) in [5, 5.41) is 4.16. The molecule has 0 aromatic carbocycles. The standard InChI is InChI=1S/C26H32Cl2N8O4S/c1-14-18(27)19(28)20(30-14)24(37)31-15-6-8-36(13-16(15)39-3)26-33-21(22(41-26)25(38)40-4)23-29-7-5-17(32-23)35-11-9-34(2)10-12-35/h5,7,15-16,30H,6,8-13H2,1-4H3,(H,31,37)/t15-,16+/m1/s1. The second-order valence-electron chi connectivity index (χ2n) is 10.0. The third-order valence-corrected chi connectivity index (χ3v) is 9.44. The highest BCUT2D eigenvalue weighted by atomic mass is 35.5. The third kappa shape index (κ3) is 6.14. The molecule has 2 atom stereocenters. The topological polar surface area (TPSA) is 129 Å². The summed E-state index contributed by atoms with van der Waals surface area (Å²) in [6, 6.07) is 1.60. The van der Waals surface area contributed by atoms with Crippen LogP contribution >= 0.6 is 34.5 Å². The maximum absolute atomic E-state index is 12.9. The number of anilines is 2. The molecule has 0 aliphatic carbocycles. The number of aryl methyl sites for hydroxylation is 1. The Hall–Kier alpha value is -2.97. The van der Waals surface area contributed by atoms with Crippen LogP contribution in [0.25, 0.3) is 11.5 Å². The van der Waals surface area contributed by atoms with Gasteiger partial charge >= 0.3 is 5.97 Å². The van der Waals surface area contributed by atoms with Gasteiger partial charge < -0.3 is 34.5 Å². The Balaban J connectivity index is 1.35. The molecule has 0 bridgehead atoms. The van der Waals surface area contributed by atoms with E-state index in [1.165, 1.54) is 18.4 Å². The van der Waals surface area contributed by atoms with Crippen molar-refractivity contribution in [3.8, 4) is 11.5 Å². The van der Waals surface area contributed by atoms with E-state index in [9.17, 15) is 9.59 Å². The second-order valence-corrected chi connectivity index (χ2v) is 11.8. The number of aromatic nitrogens is 4. The Bertz CT molecular complexity index is 1420. The summed E-state index contributed by atoms with van der Waals surface area (Å²) >= 11 is 13.6. The van der Waals surface area contributed by atoms with Gasteiger partial charge in [-0.15, -0.1) is 0 Å². The lowest BCUT2D eigenvalue weighted by molar-refractivity contribution is 0.0540. The summed E-state index contributed by atoms with van der Waals surface area (Å²) in [7, 11) is 5.04. The lowest BCUT2D eigenvalue weighted by Gasteiger charge is -2.37. The van der Waals surface area contributed by atoms with Crippen LogP contribution in [0.5, 0.6) is 0 Å². The number of likely N-dealkylation sites (N-methyl/N-ethyl adjacent to an activating group) is 1. The molecule has 2 aliphatic heterocycles. The average molecular weight is 624 g/mol. The molecule has 3 aromatic heterocycles. The number of thiazole rings is 1. The van der Waals surface area contributed by atoms with E-state index in [0.29, 0.717) is 51.8 Å². The second kappa shape index (κ2) is 12.5. The fourth-order valence-corrected chi connectivity index (χ4v) is 6.40. The Labute approximate surface area is 252 Å². The fraction of sp³-hybridized carbons (Fsp3) is 0.500. The molecule has 15 heteroatoms. The Morgan fingerprint density at radius 3 is 2.51 bits per heavy atom. The molecule has 2 fully saturated rings. The molecule has 5 heterocycles. The van der Waals surface area contributed by atoms with E-state index in [1.54, 1.807) is 20.2 Å². The van der Waals surface area contributed by atoms with Crippen LogP contribution in [0.4, 0.5) is 10.9 Å². The number of methoxy groups -OCH3 is 2. The minimum absolute atomic E-state index is 0.192. The van der Waals surface area contributed by atoms with Crippen LogP contribution in [0.15, 0.2) is 12.3 Å². The summed E-state index contributed by atoms with van der Waals surface area (Å²) in [4.78, 5) is 49.5. The van der Waals surface area contributed by atoms with E-state index in [1.807, 2.05) is 11.0 Å². The molecule has 41 heavy (non-hydrogen) atoms. The predicted octanol–water partition coefficient (Wildman–Crippen LogP) is 3.11. The van der Waals surface area contributed by atoms with E-state index in [4.69, 9.17) is 42.6 Å². The number of carbonyl (C=O) groups excluding carboxylic acids is 2. The number of esters is 1. The first-order valence-corrected chi connectivity index (χ1v) is 14.8. The third-order valence-electron chi connectivity index (χ3n) is 7.40. The zero-order valence-electron chi connectivity index (χ0n) is 23.2. The van der Waals surface area contributed by atoms with Crippen LogP contribution in [0.3, 0.4) is 0 Å². The van der Waals surface area contributed by atoms with Crippen molar-refractivity contribution < 1.29 is 19.1 Å². The van der Waals surface area contributed by atoms with Gasteiger partial charge in [-0.2, -0.15) is 0 Å². The number of piperazine rings is 1. The fourth-order valence-electron chi connectivity index (χ4n) is 4.96. The van der Waals surface area contributed by atoms with Gasteiger partial charge in [0, 0.05) is 58.3 Å². The first kappa shape index (κ1) is 29.5. The maximum atomic E-state index is 12.9.